The maximum atomic E-state index is 6.82. The minimum absolute atomic E-state index is 0. The molecular formula is C39H58IN3O2. The Kier molecular flexibility index (Phi) is 7.33. The van der Waals surface area contributed by atoms with Crippen LogP contribution in [0.5, 0.6) is 5.75 Å². The molecule has 0 unspecified atom stereocenters. The van der Waals surface area contributed by atoms with E-state index < -0.39 is 0 Å². The van der Waals surface area contributed by atoms with Crippen molar-refractivity contribution in [3.8, 4) is 5.75 Å². The average molecular weight is 728 g/mol. The van der Waals surface area contributed by atoms with Crippen molar-refractivity contribution in [2.75, 3.05) is 13.7 Å². The largest absolute Gasteiger partial charge is 1.00 e. The second-order valence-corrected chi connectivity index (χ2v) is 18.5. The Bertz CT molecular complexity index is 1480. The van der Waals surface area contributed by atoms with Gasteiger partial charge in [0.1, 0.15) is 19.3 Å². The van der Waals surface area contributed by atoms with Crippen molar-refractivity contribution >= 4 is 0 Å². The third-order valence-corrected chi connectivity index (χ3v) is 16.1. The molecule has 2 heterocycles. The van der Waals surface area contributed by atoms with E-state index in [1.807, 2.05) is 0 Å². The number of rotatable bonds is 3. The number of aromatic nitrogens is 3. The minimum atomic E-state index is 0. The first-order valence-electron chi connectivity index (χ1n) is 17.9. The molecule has 2 aromatic rings. The Morgan fingerprint density at radius 1 is 0.889 bits per heavy atom. The Labute approximate surface area is 289 Å². The molecule has 0 radical (unpaired) electrons. The Morgan fingerprint density at radius 2 is 1.60 bits per heavy atom. The van der Waals surface area contributed by atoms with Gasteiger partial charge in [0.05, 0.1) is 25.0 Å². The standard InChI is InChI=1S/C39H58N3O2.HI/c1-34(2)18-20-39-21-19-37(6)27(31(39)33(34)44-24-39)14-15-30-36(5)22-28-32(35(3,4)29(36)16-17-38(30,37)7)42(40-41(28)8)23-25-10-12-26(43-9)13-11-25;/h10-13,27,29-31,33H,14-24H2,1-9H3;1H/q+1;/p-1/t27-,29+,30-,31+,33-,36+,37-,38-,39-;/m1./s1. The Balaban J connectivity index is 0.00000325. The summed E-state index contributed by atoms with van der Waals surface area (Å²) in [5, 5.41) is 5.19. The van der Waals surface area contributed by atoms with E-state index in [4.69, 9.17) is 14.7 Å². The molecule has 1 aromatic carbocycles. The summed E-state index contributed by atoms with van der Waals surface area (Å²) in [5.41, 5.74) is 6.11. The summed E-state index contributed by atoms with van der Waals surface area (Å²) < 4.78 is 16.8. The van der Waals surface area contributed by atoms with Crippen LogP contribution in [0.15, 0.2) is 24.3 Å². The molecule has 4 saturated carbocycles. The normalized spacial score (nSPS) is 43.5. The third-order valence-electron chi connectivity index (χ3n) is 16.1. The summed E-state index contributed by atoms with van der Waals surface area (Å²) in [5.74, 6) is 3.88. The summed E-state index contributed by atoms with van der Waals surface area (Å²) in [6.07, 6.45) is 12.6. The predicted octanol–water partition coefficient (Wildman–Crippen LogP) is 4.67. The molecule has 45 heavy (non-hydrogen) atoms. The molecule has 2 bridgehead atoms. The molecule has 0 amide bonds. The molecule has 5 nitrogen and oxygen atoms in total. The smallest absolute Gasteiger partial charge is 0.177 e. The molecule has 8 rings (SSSR count). The van der Waals surface area contributed by atoms with Gasteiger partial charge in [-0.15, -0.1) is 9.36 Å². The number of benzene rings is 1. The van der Waals surface area contributed by atoms with E-state index in [0.717, 1.165) is 43.1 Å². The highest BCUT2D eigenvalue weighted by atomic mass is 127. The van der Waals surface area contributed by atoms with Gasteiger partial charge in [0.15, 0.2) is 11.4 Å². The van der Waals surface area contributed by atoms with Gasteiger partial charge in [-0.1, -0.05) is 60.6 Å². The van der Waals surface area contributed by atoms with E-state index in [2.05, 4.69) is 89.1 Å². The molecule has 6 aliphatic rings. The van der Waals surface area contributed by atoms with Crippen LogP contribution in [0.4, 0.5) is 0 Å². The lowest BCUT2D eigenvalue weighted by atomic mass is 9.31. The summed E-state index contributed by atoms with van der Waals surface area (Å²) in [7, 11) is 3.94. The van der Waals surface area contributed by atoms with Crippen LogP contribution in [-0.4, -0.2) is 29.7 Å². The quantitative estimate of drug-likeness (QED) is 0.341. The van der Waals surface area contributed by atoms with Gasteiger partial charge in [0.25, 0.3) is 0 Å². The number of hydrogen-bond donors (Lipinski definition) is 0. The monoisotopic (exact) mass is 727 g/mol. The Hall–Kier alpha value is -1.15. The van der Waals surface area contributed by atoms with Crippen molar-refractivity contribution in [1.82, 2.24) is 9.90 Å². The molecule has 1 aromatic heterocycles. The van der Waals surface area contributed by atoms with Gasteiger partial charge in [-0.05, 0) is 120 Å². The number of fused-ring (bicyclic) bond motifs is 6. The zero-order chi connectivity index (χ0) is 31.1. The summed E-state index contributed by atoms with van der Waals surface area (Å²) in [6.45, 7) is 20.2. The summed E-state index contributed by atoms with van der Waals surface area (Å²) in [4.78, 5) is 0. The van der Waals surface area contributed by atoms with Crippen molar-refractivity contribution in [2.24, 2.45) is 57.8 Å². The maximum absolute atomic E-state index is 6.82. The number of methoxy groups -OCH3 is 1. The second-order valence-electron chi connectivity index (χ2n) is 18.5. The van der Waals surface area contributed by atoms with Crippen LogP contribution in [0.1, 0.15) is 117 Å². The SMILES string of the molecule is COc1ccc(C[n+]2nn(C)c3c2C(C)(C)[C@@H]2CC[C@]4(C)[C@H](CC[C@@H]5[C@H]6[C@H]7OC[C@@]6(CCC7(C)C)CC[C@]54C)[C@@]2(C)C3)cc1.[I-]. The first kappa shape index (κ1) is 32.4. The first-order chi connectivity index (χ1) is 20.7. The van der Waals surface area contributed by atoms with E-state index >= 15 is 0 Å². The van der Waals surface area contributed by atoms with Crippen LogP contribution in [-0.2, 0) is 30.2 Å². The third kappa shape index (κ3) is 4.11. The van der Waals surface area contributed by atoms with E-state index in [0.29, 0.717) is 33.7 Å². The van der Waals surface area contributed by atoms with Crippen molar-refractivity contribution in [3.05, 3.63) is 41.2 Å². The molecule has 248 valence electrons. The lowest BCUT2D eigenvalue weighted by molar-refractivity contribution is -0.757. The van der Waals surface area contributed by atoms with Crippen LogP contribution >= 0.6 is 0 Å². The van der Waals surface area contributed by atoms with Gasteiger partial charge in [0.2, 0.25) is 0 Å². The highest BCUT2D eigenvalue weighted by Gasteiger charge is 2.73. The first-order valence-corrected chi connectivity index (χ1v) is 17.9. The van der Waals surface area contributed by atoms with Crippen LogP contribution in [0, 0.1) is 50.7 Å². The van der Waals surface area contributed by atoms with Crippen LogP contribution in [0.3, 0.4) is 0 Å². The van der Waals surface area contributed by atoms with E-state index in [1.165, 1.54) is 68.3 Å². The number of aryl methyl sites for hydroxylation is 1. The molecule has 1 aliphatic heterocycles. The molecule has 1 saturated heterocycles. The fourth-order valence-corrected chi connectivity index (χ4v) is 13.8. The molecule has 5 fully saturated rings. The highest BCUT2D eigenvalue weighted by molar-refractivity contribution is 5.31. The molecule has 5 aliphatic carbocycles. The fourth-order valence-electron chi connectivity index (χ4n) is 13.8. The van der Waals surface area contributed by atoms with Gasteiger partial charge in [-0.2, -0.15) is 0 Å². The molecule has 0 spiro atoms. The van der Waals surface area contributed by atoms with Crippen molar-refractivity contribution < 1.29 is 38.1 Å². The van der Waals surface area contributed by atoms with Gasteiger partial charge in [0, 0.05) is 11.8 Å². The average Bonchev–Trinajstić information content (AvgIpc) is 3.47. The lowest BCUT2D eigenvalue weighted by Crippen LogP contribution is -3.00. The summed E-state index contributed by atoms with van der Waals surface area (Å²) in [6, 6.07) is 8.53. The molecular weight excluding hydrogens is 669 g/mol. The fraction of sp³-hybridized carbons (Fsp3) is 0.795. The van der Waals surface area contributed by atoms with Crippen LogP contribution in [0.2, 0.25) is 0 Å². The van der Waals surface area contributed by atoms with Crippen molar-refractivity contribution in [2.45, 2.75) is 124 Å². The zero-order valence-corrected chi connectivity index (χ0v) is 31.7. The number of hydrogen-bond acceptors (Lipinski definition) is 3. The predicted molar refractivity (Wildman–Crippen MR) is 173 cm³/mol. The maximum Gasteiger partial charge on any atom is 0.177 e. The summed E-state index contributed by atoms with van der Waals surface area (Å²) >= 11 is 0. The van der Waals surface area contributed by atoms with Crippen LogP contribution < -0.4 is 33.4 Å². The molecule has 9 atom stereocenters. The van der Waals surface area contributed by atoms with Gasteiger partial charge >= 0.3 is 0 Å². The van der Waals surface area contributed by atoms with Crippen molar-refractivity contribution in [1.29, 1.82) is 0 Å². The highest BCUT2D eigenvalue weighted by Crippen LogP contribution is 2.77. The van der Waals surface area contributed by atoms with Gasteiger partial charge in [-0.3, -0.25) is 0 Å². The number of halogens is 1. The topological polar surface area (TPSA) is 40.2 Å². The minimum Gasteiger partial charge on any atom is -1.00 e. The second kappa shape index (κ2) is 10.2. The molecule has 0 N–H and O–H groups in total. The van der Waals surface area contributed by atoms with Gasteiger partial charge < -0.3 is 33.5 Å². The Morgan fingerprint density at radius 3 is 2.31 bits per heavy atom. The van der Waals surface area contributed by atoms with E-state index in [1.54, 1.807) is 7.11 Å². The lowest BCUT2D eigenvalue weighted by Gasteiger charge is -2.72. The number of nitrogens with zero attached hydrogens (tertiary/aromatic N) is 3. The van der Waals surface area contributed by atoms with Crippen LogP contribution in [0.25, 0.3) is 0 Å². The van der Waals surface area contributed by atoms with Crippen molar-refractivity contribution in [3.63, 3.8) is 0 Å². The zero-order valence-electron chi connectivity index (χ0n) is 29.5. The van der Waals surface area contributed by atoms with E-state index in [9.17, 15) is 0 Å². The van der Waals surface area contributed by atoms with Gasteiger partial charge in [-0.25, -0.2) is 0 Å². The number of ether oxygens (including phenoxy) is 2. The van der Waals surface area contributed by atoms with E-state index in [-0.39, 0.29) is 34.8 Å². The molecule has 6 heteroatoms.